The number of hydrogen-bond acceptors (Lipinski definition) is 6. The van der Waals surface area contributed by atoms with Crippen LogP contribution in [-0.2, 0) is 11.3 Å². The van der Waals surface area contributed by atoms with Gasteiger partial charge < -0.3 is 5.32 Å². The Morgan fingerprint density at radius 3 is 2.69 bits per heavy atom. The van der Waals surface area contributed by atoms with Gasteiger partial charge in [0, 0.05) is 16.6 Å². The number of fused-ring (bicyclic) bond motifs is 1. The van der Waals surface area contributed by atoms with Crippen LogP contribution in [0.5, 0.6) is 0 Å². The zero-order valence-corrected chi connectivity index (χ0v) is 13.5. The number of carbonyl (C=O) groups excluding carboxylic acids is 1. The van der Waals surface area contributed by atoms with E-state index in [9.17, 15) is 9.59 Å². The molecule has 0 saturated heterocycles. The molecule has 1 amide bonds. The van der Waals surface area contributed by atoms with E-state index in [0.29, 0.717) is 22.4 Å². The highest BCUT2D eigenvalue weighted by Gasteiger charge is 2.09. The number of nitrogens with zero attached hydrogens (tertiary/aromatic N) is 5. The molecule has 128 valence electrons. The molecule has 0 saturated carbocycles. The van der Waals surface area contributed by atoms with Gasteiger partial charge in [-0.3, -0.25) is 14.3 Å². The first-order valence-electron chi connectivity index (χ1n) is 7.79. The van der Waals surface area contributed by atoms with Crippen molar-refractivity contribution in [1.82, 2.24) is 30.4 Å². The Hall–Kier alpha value is -3.88. The second kappa shape index (κ2) is 6.55. The third-order valence-corrected chi connectivity index (χ3v) is 3.83. The number of tetrazole rings is 1. The molecule has 2 heterocycles. The second-order valence-corrected chi connectivity index (χ2v) is 5.54. The van der Waals surface area contributed by atoms with E-state index in [1.54, 1.807) is 48.5 Å². The average Bonchev–Trinajstić information content (AvgIpc) is 3.20. The molecule has 0 aliphatic rings. The molecular formula is C17H13N7O2. The van der Waals surface area contributed by atoms with Crippen LogP contribution in [0.4, 0.5) is 5.69 Å². The maximum Gasteiger partial charge on any atom is 0.246 e. The molecule has 0 spiro atoms. The number of nitrogens with one attached hydrogen (secondary N) is 2. The predicted molar refractivity (Wildman–Crippen MR) is 94.2 cm³/mol. The van der Waals surface area contributed by atoms with Crippen LogP contribution in [0.15, 0.2) is 59.5 Å². The van der Waals surface area contributed by atoms with E-state index >= 15 is 0 Å². The highest BCUT2D eigenvalue weighted by atomic mass is 16.2. The monoisotopic (exact) mass is 347 g/mol. The summed E-state index contributed by atoms with van der Waals surface area (Å²) in [6, 6.07) is 14.1. The van der Waals surface area contributed by atoms with Crippen LogP contribution in [0.2, 0.25) is 0 Å². The van der Waals surface area contributed by atoms with Crippen LogP contribution in [0.3, 0.4) is 0 Å². The average molecular weight is 347 g/mol. The summed E-state index contributed by atoms with van der Waals surface area (Å²) in [5, 5.41) is 21.1. The normalized spacial score (nSPS) is 10.8. The quantitative estimate of drug-likeness (QED) is 0.573. The number of benzene rings is 2. The zero-order valence-electron chi connectivity index (χ0n) is 13.5. The van der Waals surface area contributed by atoms with E-state index in [-0.39, 0.29) is 17.9 Å². The first kappa shape index (κ1) is 15.6. The number of para-hydroxylation sites is 1. The number of aromatic nitrogens is 6. The molecule has 2 aromatic carbocycles. The SMILES string of the molecule is O=C(Cn1ncc(=O)c2ccccc21)Nc1ccc(-c2nn[nH]n2)cc1. The summed E-state index contributed by atoms with van der Waals surface area (Å²) in [4.78, 5) is 24.2. The Kier molecular flexibility index (Phi) is 3.94. The first-order valence-corrected chi connectivity index (χ1v) is 7.79. The van der Waals surface area contributed by atoms with Crippen molar-refractivity contribution in [3.05, 3.63) is 65.0 Å². The molecule has 26 heavy (non-hydrogen) atoms. The molecule has 0 aliphatic heterocycles. The van der Waals surface area contributed by atoms with E-state index in [0.717, 1.165) is 5.56 Å². The van der Waals surface area contributed by atoms with Crippen LogP contribution >= 0.6 is 0 Å². The summed E-state index contributed by atoms with van der Waals surface area (Å²) < 4.78 is 1.50. The molecule has 2 N–H and O–H groups in total. The lowest BCUT2D eigenvalue weighted by molar-refractivity contribution is -0.116. The number of rotatable bonds is 4. The fourth-order valence-electron chi connectivity index (χ4n) is 2.61. The van der Waals surface area contributed by atoms with Gasteiger partial charge in [-0.15, -0.1) is 10.2 Å². The van der Waals surface area contributed by atoms with Crippen LogP contribution in [0.25, 0.3) is 22.3 Å². The summed E-state index contributed by atoms with van der Waals surface area (Å²) in [5.74, 6) is 0.227. The summed E-state index contributed by atoms with van der Waals surface area (Å²) in [6.07, 6.45) is 1.22. The minimum absolute atomic E-state index is 0.00656. The Morgan fingerprint density at radius 2 is 1.92 bits per heavy atom. The van der Waals surface area contributed by atoms with Gasteiger partial charge in [0.1, 0.15) is 6.54 Å². The molecule has 0 aliphatic carbocycles. The number of amides is 1. The van der Waals surface area contributed by atoms with Gasteiger partial charge in [-0.25, -0.2) is 0 Å². The third kappa shape index (κ3) is 3.05. The predicted octanol–water partition coefficient (Wildman–Crippen LogP) is 1.22. The minimum Gasteiger partial charge on any atom is -0.324 e. The van der Waals surface area contributed by atoms with Gasteiger partial charge in [-0.2, -0.15) is 10.3 Å². The fraction of sp³-hybridized carbons (Fsp3) is 0.0588. The van der Waals surface area contributed by atoms with Crippen LogP contribution in [0, 0.1) is 0 Å². The van der Waals surface area contributed by atoms with E-state index in [1.165, 1.54) is 10.9 Å². The van der Waals surface area contributed by atoms with Crippen molar-refractivity contribution in [3.8, 4) is 11.4 Å². The molecule has 9 heteroatoms. The number of hydrogen-bond donors (Lipinski definition) is 2. The van der Waals surface area contributed by atoms with Crippen LogP contribution in [0.1, 0.15) is 0 Å². The number of anilines is 1. The lowest BCUT2D eigenvalue weighted by Crippen LogP contribution is -2.22. The molecule has 0 unspecified atom stereocenters. The van der Waals surface area contributed by atoms with E-state index in [2.05, 4.69) is 31.0 Å². The summed E-state index contributed by atoms with van der Waals surface area (Å²) in [6.45, 7) is -0.00656. The molecule has 4 rings (SSSR count). The smallest absolute Gasteiger partial charge is 0.246 e. The highest BCUT2D eigenvalue weighted by Crippen LogP contribution is 2.17. The van der Waals surface area contributed by atoms with Gasteiger partial charge in [0.15, 0.2) is 0 Å². The van der Waals surface area contributed by atoms with Crippen molar-refractivity contribution in [1.29, 1.82) is 0 Å². The van der Waals surface area contributed by atoms with Crippen LogP contribution < -0.4 is 10.7 Å². The molecular weight excluding hydrogens is 334 g/mol. The highest BCUT2D eigenvalue weighted by molar-refractivity contribution is 5.91. The second-order valence-electron chi connectivity index (χ2n) is 5.54. The summed E-state index contributed by atoms with van der Waals surface area (Å²) >= 11 is 0. The molecule has 0 bridgehead atoms. The number of aromatic amines is 1. The van der Waals surface area contributed by atoms with Gasteiger partial charge in [-0.1, -0.05) is 12.1 Å². The van der Waals surface area contributed by atoms with Crippen molar-refractivity contribution in [2.75, 3.05) is 5.32 Å². The van der Waals surface area contributed by atoms with Crippen molar-refractivity contribution in [3.63, 3.8) is 0 Å². The lowest BCUT2D eigenvalue weighted by atomic mass is 10.2. The van der Waals surface area contributed by atoms with Crippen molar-refractivity contribution in [2.45, 2.75) is 6.54 Å². The lowest BCUT2D eigenvalue weighted by Gasteiger charge is -2.10. The Labute approximate surface area is 146 Å². The maximum atomic E-state index is 12.3. The Morgan fingerprint density at radius 1 is 1.12 bits per heavy atom. The summed E-state index contributed by atoms with van der Waals surface area (Å²) in [5.41, 5.74) is 1.86. The topological polar surface area (TPSA) is 118 Å². The van der Waals surface area contributed by atoms with Gasteiger partial charge in [0.2, 0.25) is 17.2 Å². The minimum atomic E-state index is -0.251. The Bertz CT molecular complexity index is 1120. The van der Waals surface area contributed by atoms with Gasteiger partial charge >= 0.3 is 0 Å². The van der Waals surface area contributed by atoms with Crippen molar-refractivity contribution >= 4 is 22.5 Å². The maximum absolute atomic E-state index is 12.3. The van der Waals surface area contributed by atoms with Crippen molar-refractivity contribution in [2.24, 2.45) is 0 Å². The van der Waals surface area contributed by atoms with Crippen LogP contribution in [-0.4, -0.2) is 36.3 Å². The van der Waals surface area contributed by atoms with E-state index in [1.807, 2.05) is 0 Å². The molecule has 0 atom stereocenters. The molecule has 4 aromatic rings. The largest absolute Gasteiger partial charge is 0.324 e. The molecule has 0 radical (unpaired) electrons. The van der Waals surface area contributed by atoms with Gasteiger partial charge in [-0.05, 0) is 41.6 Å². The van der Waals surface area contributed by atoms with E-state index in [4.69, 9.17) is 0 Å². The summed E-state index contributed by atoms with van der Waals surface area (Å²) in [7, 11) is 0. The molecule has 2 aromatic heterocycles. The van der Waals surface area contributed by atoms with Crippen molar-refractivity contribution < 1.29 is 4.79 Å². The zero-order chi connectivity index (χ0) is 17.9. The molecule has 0 fully saturated rings. The standard InChI is InChI=1S/C17H13N7O2/c25-15-9-18-24(14-4-2-1-3-13(14)15)10-16(26)19-12-7-5-11(6-8-12)17-20-22-23-21-17/h1-9H,10H2,(H,19,26)(H,20,21,22,23). The van der Waals surface area contributed by atoms with E-state index < -0.39 is 0 Å². The first-order chi connectivity index (χ1) is 12.7. The fourth-order valence-corrected chi connectivity index (χ4v) is 2.61. The number of carbonyl (C=O) groups is 1. The third-order valence-electron chi connectivity index (χ3n) is 3.83. The van der Waals surface area contributed by atoms with Gasteiger partial charge in [0.25, 0.3) is 0 Å². The number of H-pyrrole nitrogens is 1. The van der Waals surface area contributed by atoms with Gasteiger partial charge in [0.05, 0.1) is 11.7 Å². The Balaban J connectivity index is 1.51. The molecule has 9 nitrogen and oxygen atoms in total.